The number of carbonyl (C=O) groups excluding carboxylic acids is 3. The van der Waals surface area contributed by atoms with Gasteiger partial charge in [-0.05, 0) is 140 Å². The fraction of sp³-hybridized carbons (Fsp3) is 0.340. The van der Waals surface area contributed by atoms with Crippen LogP contribution in [0.15, 0.2) is 109 Å². The zero-order chi connectivity index (χ0) is 52.5. The number of unbranched alkanes of at least 4 members (excludes halogenated alkanes) is 1. The second kappa shape index (κ2) is 23.6. The Balaban J connectivity index is 1.11. The average Bonchev–Trinajstić information content (AvgIpc) is 4.22. The van der Waals surface area contributed by atoms with Crippen LogP contribution in [0.2, 0.25) is 5.02 Å². The quantitative estimate of drug-likeness (QED) is 0.0380. The van der Waals surface area contributed by atoms with Gasteiger partial charge in [0.05, 0.1) is 37.4 Å². The lowest BCUT2D eigenvalue weighted by atomic mass is 9.81. The van der Waals surface area contributed by atoms with Crippen LogP contribution in [-0.2, 0) is 34.2 Å². The summed E-state index contributed by atoms with van der Waals surface area (Å²) in [7, 11) is 1.59. The van der Waals surface area contributed by atoms with E-state index in [2.05, 4.69) is 9.68 Å². The highest BCUT2D eigenvalue weighted by Crippen LogP contribution is 2.42. The number of halogens is 2. The van der Waals surface area contributed by atoms with Gasteiger partial charge in [0, 0.05) is 31.2 Å². The van der Waals surface area contributed by atoms with E-state index in [1.165, 1.54) is 40.1 Å². The molecule has 0 N–H and O–H groups in total. The number of hydrogen-bond donors (Lipinski definition) is 0. The van der Waals surface area contributed by atoms with Gasteiger partial charge in [0.25, 0.3) is 16.1 Å². The maximum atomic E-state index is 15.7. The van der Waals surface area contributed by atoms with E-state index >= 15 is 4.79 Å². The molecule has 1 aliphatic carbocycles. The maximum Gasteiger partial charge on any atom is 0.416 e. The third-order valence-electron chi connectivity index (χ3n) is 12.7. The Hall–Kier alpha value is -8.13. The summed E-state index contributed by atoms with van der Waals surface area (Å²) in [5, 5.41) is 20.2. The highest BCUT2D eigenvalue weighted by molar-refractivity contribution is 6.32. The third kappa shape index (κ3) is 13.1. The molecule has 2 atom stereocenters. The Morgan fingerprint density at radius 3 is 1.99 bits per heavy atom. The highest BCUT2D eigenvalue weighted by Gasteiger charge is 2.50. The number of rotatable bonds is 21. The first-order valence-electron chi connectivity index (χ1n) is 23.8. The van der Waals surface area contributed by atoms with E-state index in [4.69, 9.17) is 35.3 Å². The lowest BCUT2D eigenvalue weighted by Crippen LogP contribution is -2.66. The van der Waals surface area contributed by atoms with E-state index in [-0.39, 0.29) is 79.1 Å². The summed E-state index contributed by atoms with van der Waals surface area (Å²) in [4.78, 5) is 80.1. The molecule has 19 nitrogen and oxygen atoms in total. The molecule has 74 heavy (non-hydrogen) atoms. The topological polar surface area (TPSA) is 212 Å². The van der Waals surface area contributed by atoms with Crippen LogP contribution in [0.1, 0.15) is 65.5 Å². The van der Waals surface area contributed by atoms with Crippen molar-refractivity contribution in [2.24, 2.45) is 0 Å². The van der Waals surface area contributed by atoms with E-state index in [0.29, 0.717) is 58.8 Å². The van der Waals surface area contributed by atoms with Gasteiger partial charge in [-0.1, -0.05) is 60.1 Å². The van der Waals surface area contributed by atoms with Gasteiger partial charge in [0.15, 0.2) is 11.6 Å². The minimum absolute atomic E-state index is 0.00909. The molecule has 2 heterocycles. The molecule has 2 fully saturated rings. The first kappa shape index (κ1) is 52.2. The van der Waals surface area contributed by atoms with E-state index in [1.807, 2.05) is 37.3 Å². The minimum atomic E-state index is -1.09. The monoisotopic (exact) mass is 1040 g/mol. The Labute approximate surface area is 430 Å². The molecule has 5 aromatic carbocycles. The van der Waals surface area contributed by atoms with Crippen molar-refractivity contribution in [1.82, 2.24) is 14.7 Å². The number of aryl methyl sites for hydroxylation is 2. The number of benzene rings is 5. The van der Waals surface area contributed by atoms with Gasteiger partial charge in [0.1, 0.15) is 36.2 Å². The van der Waals surface area contributed by atoms with Crippen LogP contribution < -0.4 is 23.7 Å². The standard InChI is InChI=1S/C53H53ClFN5O14/c1-33-22-45(54)50(46(55)23-33)70-21-5-4-20-69-41-17-13-38(14-18-41)44-27-40-29-56(52(62)73-42-10-6-8-36(25-42)31-71-59(64)65)30-47(58(40)53(63)74-43-11-7-9-37(26-43)32-72-60(66)67)49(44)51(61)57(39-15-16-39)28-35-12-19-48(68-3)34(2)24-35/h6-14,17-19,22-26,39-40,47H,4-5,15-16,20-21,27-32H2,1-3H3. The van der Waals surface area contributed by atoms with Gasteiger partial charge in [-0.15, -0.1) is 20.2 Å². The van der Waals surface area contributed by atoms with Crippen LogP contribution in [0.3, 0.4) is 0 Å². The Kier molecular flexibility index (Phi) is 16.7. The minimum Gasteiger partial charge on any atom is -0.496 e. The largest absolute Gasteiger partial charge is 0.496 e. The van der Waals surface area contributed by atoms with E-state index in [9.17, 15) is 34.2 Å². The Morgan fingerprint density at radius 1 is 0.757 bits per heavy atom. The van der Waals surface area contributed by atoms with Crippen molar-refractivity contribution in [3.63, 3.8) is 0 Å². The normalized spacial score (nSPS) is 16.0. The number of methoxy groups -OCH3 is 1. The van der Waals surface area contributed by atoms with Crippen molar-refractivity contribution >= 4 is 35.3 Å². The van der Waals surface area contributed by atoms with Gasteiger partial charge in [-0.25, -0.2) is 14.0 Å². The van der Waals surface area contributed by atoms with E-state index in [1.54, 1.807) is 61.4 Å². The predicted molar refractivity (Wildman–Crippen MR) is 265 cm³/mol. The molecule has 3 aliphatic rings. The summed E-state index contributed by atoms with van der Waals surface area (Å²) in [5.41, 5.74) is 4.77. The van der Waals surface area contributed by atoms with Gasteiger partial charge in [-0.3, -0.25) is 9.69 Å². The molecule has 0 aromatic heterocycles. The molecule has 2 unspecified atom stereocenters. The van der Waals surface area contributed by atoms with E-state index in [0.717, 1.165) is 24.0 Å². The molecular formula is C53H53ClFN5O14. The SMILES string of the molecule is COc1ccc(CN(C(=O)C2=C(c3ccc(OCCCCOc4c(F)cc(C)cc4Cl)cc3)CC3CN(C(=O)Oc4cccc(CO[N+](=O)[O-])c4)CC2N3C(=O)Oc2cccc(CO[N+](=O)[O-])c2)C2CC2)cc1C. The number of ether oxygens (including phenoxy) is 5. The third-order valence-corrected chi connectivity index (χ3v) is 13.0. The molecule has 2 bridgehead atoms. The summed E-state index contributed by atoms with van der Waals surface area (Å²) in [6.45, 7) is 3.43. The number of carbonyl (C=O) groups is 3. The molecule has 0 radical (unpaired) electrons. The number of amides is 3. The van der Waals surface area contributed by atoms with Crippen molar-refractivity contribution in [1.29, 1.82) is 0 Å². The highest BCUT2D eigenvalue weighted by atomic mass is 35.5. The summed E-state index contributed by atoms with van der Waals surface area (Å²) in [6.07, 6.45) is 1.12. The molecule has 1 saturated carbocycles. The summed E-state index contributed by atoms with van der Waals surface area (Å²) in [6, 6.07) is 26.2. The average molecular weight is 1040 g/mol. The maximum absolute atomic E-state index is 15.7. The van der Waals surface area contributed by atoms with Gasteiger partial charge in [-0.2, -0.15) is 0 Å². The van der Waals surface area contributed by atoms with Crippen molar-refractivity contribution in [3.05, 3.63) is 173 Å². The molecule has 0 spiro atoms. The molecule has 5 aromatic rings. The van der Waals surface area contributed by atoms with Crippen molar-refractivity contribution in [3.8, 4) is 28.7 Å². The first-order valence-corrected chi connectivity index (χ1v) is 24.2. The lowest BCUT2D eigenvalue weighted by Gasteiger charge is -2.50. The van der Waals surface area contributed by atoms with Crippen LogP contribution in [0.5, 0.6) is 28.7 Å². The summed E-state index contributed by atoms with van der Waals surface area (Å²) in [5.74, 6) is 0.544. The summed E-state index contributed by atoms with van der Waals surface area (Å²) < 4.78 is 43.5. The molecule has 1 saturated heterocycles. The second-order valence-corrected chi connectivity index (χ2v) is 18.5. The number of piperazine rings is 1. The molecule has 2 aliphatic heterocycles. The van der Waals surface area contributed by atoms with Gasteiger partial charge < -0.3 is 43.2 Å². The van der Waals surface area contributed by atoms with Crippen LogP contribution in [-0.4, -0.2) is 94.5 Å². The van der Waals surface area contributed by atoms with Crippen LogP contribution in [0.4, 0.5) is 14.0 Å². The first-order chi connectivity index (χ1) is 35.6. The zero-order valence-corrected chi connectivity index (χ0v) is 41.5. The lowest BCUT2D eigenvalue weighted by molar-refractivity contribution is -0.763. The molecule has 8 rings (SSSR count). The fourth-order valence-corrected chi connectivity index (χ4v) is 9.45. The van der Waals surface area contributed by atoms with Crippen molar-refractivity contribution < 1.29 is 62.3 Å². The second-order valence-electron chi connectivity index (χ2n) is 18.1. The number of nitrogens with zero attached hydrogens (tertiary/aromatic N) is 5. The molecule has 21 heteroatoms. The molecule has 3 amide bonds. The zero-order valence-electron chi connectivity index (χ0n) is 40.7. The van der Waals surface area contributed by atoms with Crippen LogP contribution in [0.25, 0.3) is 5.57 Å². The van der Waals surface area contributed by atoms with Crippen LogP contribution >= 0.6 is 11.6 Å². The van der Waals surface area contributed by atoms with Crippen molar-refractivity contribution in [2.45, 2.75) is 83.8 Å². The Morgan fingerprint density at radius 2 is 1.39 bits per heavy atom. The smallest absolute Gasteiger partial charge is 0.416 e. The van der Waals surface area contributed by atoms with Gasteiger partial charge >= 0.3 is 12.2 Å². The summed E-state index contributed by atoms with van der Waals surface area (Å²) >= 11 is 6.20. The predicted octanol–water partition coefficient (Wildman–Crippen LogP) is 9.86. The number of fused-ring (bicyclic) bond motifs is 2. The number of hydrogen-bond acceptors (Lipinski definition) is 14. The fourth-order valence-electron chi connectivity index (χ4n) is 9.14. The molecule has 388 valence electrons. The van der Waals surface area contributed by atoms with Crippen molar-refractivity contribution in [2.75, 3.05) is 33.4 Å². The molecular weight excluding hydrogens is 985 g/mol. The van der Waals surface area contributed by atoms with Gasteiger partial charge in [0.2, 0.25) is 0 Å². The van der Waals surface area contributed by atoms with E-state index < -0.39 is 46.9 Å². The van der Waals surface area contributed by atoms with Crippen LogP contribution in [0, 0.1) is 39.9 Å². The Bertz CT molecular complexity index is 2910.